The molecule has 0 saturated heterocycles. The van der Waals surface area contributed by atoms with Crippen LogP contribution in [0.25, 0.3) is 22.2 Å². The minimum Gasteiger partial charge on any atom is -0.338 e. The van der Waals surface area contributed by atoms with Gasteiger partial charge >= 0.3 is 0 Å². The van der Waals surface area contributed by atoms with E-state index in [0.29, 0.717) is 16.4 Å². The molecule has 3 aromatic carbocycles. The van der Waals surface area contributed by atoms with Crippen molar-refractivity contribution in [1.82, 2.24) is 14.4 Å². The van der Waals surface area contributed by atoms with Crippen LogP contribution < -0.4 is 0 Å². The van der Waals surface area contributed by atoms with Gasteiger partial charge in [-0.05, 0) is 35.0 Å². The Morgan fingerprint density at radius 2 is 1.79 bits per heavy atom. The first-order valence-corrected chi connectivity index (χ1v) is 10.3. The Hall–Kier alpha value is -2.74. The number of hydrogen-bond acceptors (Lipinski definition) is 5. The Labute approximate surface area is 167 Å². The minimum absolute atomic E-state index is 0.0390. The second-order valence-corrected chi connectivity index (χ2v) is 8.77. The van der Waals surface area contributed by atoms with E-state index in [1.54, 1.807) is 42.5 Å². The van der Waals surface area contributed by atoms with Crippen LogP contribution in [0.3, 0.4) is 0 Å². The molecule has 8 heteroatoms. The lowest BCUT2D eigenvalue weighted by Crippen LogP contribution is -2.26. The molecule has 1 aromatic heterocycles. The number of nitrogens with zero attached hydrogens (tertiary/aromatic N) is 3. The van der Waals surface area contributed by atoms with E-state index in [9.17, 15) is 8.42 Å². The molecule has 0 fully saturated rings. The molecule has 0 radical (unpaired) electrons. The van der Waals surface area contributed by atoms with Gasteiger partial charge in [-0.1, -0.05) is 59.2 Å². The predicted octanol–water partition coefficient (Wildman–Crippen LogP) is 4.36. The van der Waals surface area contributed by atoms with Crippen LogP contribution in [-0.4, -0.2) is 29.9 Å². The highest BCUT2D eigenvalue weighted by Crippen LogP contribution is 2.23. The van der Waals surface area contributed by atoms with Crippen LogP contribution >= 0.6 is 11.6 Å². The van der Waals surface area contributed by atoms with Crippen LogP contribution in [0.4, 0.5) is 0 Å². The molecule has 0 aliphatic carbocycles. The zero-order valence-corrected chi connectivity index (χ0v) is 16.5. The van der Waals surface area contributed by atoms with Crippen LogP contribution in [0.5, 0.6) is 0 Å². The topological polar surface area (TPSA) is 76.3 Å². The van der Waals surface area contributed by atoms with E-state index >= 15 is 0 Å². The molecule has 0 atom stereocenters. The van der Waals surface area contributed by atoms with E-state index in [4.69, 9.17) is 16.1 Å². The molecule has 0 unspecified atom stereocenters. The first-order valence-electron chi connectivity index (χ1n) is 8.47. The van der Waals surface area contributed by atoms with Gasteiger partial charge in [0.05, 0.1) is 11.4 Å². The lowest BCUT2D eigenvalue weighted by molar-refractivity contribution is 0.337. The molecule has 6 nitrogen and oxygen atoms in total. The third-order valence-electron chi connectivity index (χ3n) is 4.34. The Morgan fingerprint density at radius 1 is 1.00 bits per heavy atom. The molecule has 1 heterocycles. The third-order valence-corrected chi connectivity index (χ3v) is 6.37. The third kappa shape index (κ3) is 3.64. The molecular formula is C20H16ClN3O3S. The molecule has 0 N–H and O–H groups in total. The van der Waals surface area contributed by atoms with Gasteiger partial charge in [-0.15, -0.1) is 0 Å². The van der Waals surface area contributed by atoms with Gasteiger partial charge in [0.1, 0.15) is 0 Å². The van der Waals surface area contributed by atoms with Crippen molar-refractivity contribution in [1.29, 1.82) is 0 Å². The summed E-state index contributed by atoms with van der Waals surface area (Å²) in [6.07, 6.45) is 0. The second-order valence-electron chi connectivity index (χ2n) is 6.29. The maximum absolute atomic E-state index is 12.9. The van der Waals surface area contributed by atoms with Crippen molar-refractivity contribution in [2.45, 2.75) is 11.4 Å². The molecular weight excluding hydrogens is 398 g/mol. The largest absolute Gasteiger partial charge is 0.338 e. The van der Waals surface area contributed by atoms with Crippen molar-refractivity contribution in [2.24, 2.45) is 0 Å². The minimum atomic E-state index is -3.71. The summed E-state index contributed by atoms with van der Waals surface area (Å²) in [4.78, 5) is 4.49. The summed E-state index contributed by atoms with van der Waals surface area (Å²) in [6, 6.07) is 19.7. The van der Waals surface area contributed by atoms with Crippen molar-refractivity contribution in [3.05, 3.63) is 77.6 Å². The van der Waals surface area contributed by atoms with E-state index in [1.807, 2.05) is 24.3 Å². The predicted molar refractivity (Wildman–Crippen MR) is 107 cm³/mol. The highest BCUT2D eigenvalue weighted by Gasteiger charge is 2.23. The van der Waals surface area contributed by atoms with E-state index < -0.39 is 10.0 Å². The standard InChI is InChI=1S/C20H16ClN3O3S/c1-24(13-19-22-20(23-27-19)16-7-4-8-17(21)11-16)28(25,26)18-10-9-14-5-2-3-6-15(14)12-18/h2-12H,13H2,1H3. The van der Waals surface area contributed by atoms with Gasteiger partial charge in [0, 0.05) is 17.6 Å². The maximum atomic E-state index is 12.9. The van der Waals surface area contributed by atoms with Crippen molar-refractivity contribution in [2.75, 3.05) is 7.05 Å². The van der Waals surface area contributed by atoms with Gasteiger partial charge in [0.2, 0.25) is 21.7 Å². The zero-order chi connectivity index (χ0) is 19.7. The van der Waals surface area contributed by atoms with Crippen molar-refractivity contribution < 1.29 is 12.9 Å². The van der Waals surface area contributed by atoms with Crippen LogP contribution in [0.1, 0.15) is 5.89 Å². The maximum Gasteiger partial charge on any atom is 0.243 e. The smallest absolute Gasteiger partial charge is 0.243 e. The average Bonchev–Trinajstić information content (AvgIpc) is 3.16. The van der Waals surface area contributed by atoms with Crippen molar-refractivity contribution in [3.8, 4) is 11.4 Å². The highest BCUT2D eigenvalue weighted by molar-refractivity contribution is 7.89. The number of rotatable bonds is 5. The summed E-state index contributed by atoms with van der Waals surface area (Å²) in [5.41, 5.74) is 0.697. The Bertz CT molecular complexity index is 1250. The van der Waals surface area contributed by atoms with E-state index in [1.165, 1.54) is 11.4 Å². The van der Waals surface area contributed by atoms with Crippen LogP contribution in [0, 0.1) is 0 Å². The molecule has 28 heavy (non-hydrogen) atoms. The van der Waals surface area contributed by atoms with E-state index in [2.05, 4.69) is 10.1 Å². The van der Waals surface area contributed by atoms with Crippen LogP contribution in [0.15, 0.2) is 76.1 Å². The highest BCUT2D eigenvalue weighted by atomic mass is 35.5. The van der Waals surface area contributed by atoms with Gasteiger partial charge in [0.25, 0.3) is 0 Å². The summed E-state index contributed by atoms with van der Waals surface area (Å²) in [6.45, 7) is -0.0390. The Kier molecular flexibility index (Phi) is 4.89. The van der Waals surface area contributed by atoms with Crippen molar-refractivity contribution in [3.63, 3.8) is 0 Å². The molecule has 142 valence electrons. The van der Waals surface area contributed by atoms with Gasteiger partial charge in [-0.25, -0.2) is 8.42 Å². The molecule has 4 aromatic rings. The Morgan fingerprint density at radius 3 is 2.57 bits per heavy atom. The second kappa shape index (κ2) is 7.35. The van der Waals surface area contributed by atoms with Crippen LogP contribution in [-0.2, 0) is 16.6 Å². The average molecular weight is 414 g/mol. The zero-order valence-electron chi connectivity index (χ0n) is 14.9. The number of aromatic nitrogens is 2. The number of hydrogen-bond donors (Lipinski definition) is 0. The fourth-order valence-corrected chi connectivity index (χ4v) is 4.19. The summed E-state index contributed by atoms with van der Waals surface area (Å²) >= 11 is 5.98. The molecule has 0 bridgehead atoms. The van der Waals surface area contributed by atoms with Gasteiger partial charge in [-0.2, -0.15) is 9.29 Å². The number of sulfonamides is 1. The summed E-state index contributed by atoms with van der Waals surface area (Å²) in [7, 11) is -2.23. The van der Waals surface area contributed by atoms with Gasteiger partial charge in [0.15, 0.2) is 0 Å². The SMILES string of the molecule is CN(Cc1nc(-c2cccc(Cl)c2)no1)S(=O)(=O)c1ccc2ccccc2c1. The van der Waals surface area contributed by atoms with Gasteiger partial charge < -0.3 is 4.52 Å². The van der Waals surface area contributed by atoms with E-state index in [-0.39, 0.29) is 17.3 Å². The molecule has 0 spiro atoms. The molecule has 4 rings (SSSR count). The number of benzene rings is 3. The fraction of sp³-hybridized carbons (Fsp3) is 0.100. The first kappa shape index (κ1) is 18.6. The molecule has 0 saturated carbocycles. The monoisotopic (exact) mass is 413 g/mol. The fourth-order valence-electron chi connectivity index (χ4n) is 2.85. The van der Waals surface area contributed by atoms with Gasteiger partial charge in [-0.3, -0.25) is 0 Å². The first-order chi connectivity index (χ1) is 13.4. The summed E-state index contributed by atoms with van der Waals surface area (Å²) in [5, 5.41) is 6.30. The van der Waals surface area contributed by atoms with Crippen LogP contribution in [0.2, 0.25) is 5.02 Å². The lowest BCUT2D eigenvalue weighted by Gasteiger charge is -2.15. The summed E-state index contributed by atoms with van der Waals surface area (Å²) < 4.78 is 32.2. The molecule has 0 aliphatic heterocycles. The molecule has 0 aliphatic rings. The Balaban J connectivity index is 1.57. The lowest BCUT2D eigenvalue weighted by atomic mass is 10.1. The number of fused-ring (bicyclic) bond motifs is 1. The molecule has 0 amide bonds. The van der Waals surface area contributed by atoms with E-state index in [0.717, 1.165) is 10.8 Å². The number of halogens is 1. The van der Waals surface area contributed by atoms with Crippen molar-refractivity contribution >= 4 is 32.4 Å². The summed E-state index contributed by atoms with van der Waals surface area (Å²) in [5.74, 6) is 0.552. The normalized spacial score (nSPS) is 12.0. The quantitative estimate of drug-likeness (QED) is 0.485.